The Morgan fingerprint density at radius 2 is 2.50 bits per heavy atom. The van der Waals surface area contributed by atoms with Crippen molar-refractivity contribution in [3.63, 3.8) is 0 Å². The molecule has 0 saturated heterocycles. The molecular weight excluding hydrogens is 186 g/mol. The molecule has 0 bridgehead atoms. The fourth-order valence-electron chi connectivity index (χ4n) is 0.336. The SMILES string of the molecule is CN/C=C(/Br)CSC. The molecule has 3 heteroatoms. The molecule has 0 aliphatic rings. The molecule has 0 heterocycles. The van der Waals surface area contributed by atoms with Crippen molar-refractivity contribution in [2.75, 3.05) is 19.1 Å². The number of rotatable bonds is 3. The second-order valence-electron chi connectivity index (χ2n) is 1.31. The maximum Gasteiger partial charge on any atom is 0.0262 e. The summed E-state index contributed by atoms with van der Waals surface area (Å²) in [5, 5.41) is 2.93. The van der Waals surface area contributed by atoms with E-state index in [0.717, 1.165) is 5.75 Å². The molecule has 0 fully saturated rings. The van der Waals surface area contributed by atoms with Gasteiger partial charge in [0.15, 0.2) is 0 Å². The molecule has 0 radical (unpaired) electrons. The molecule has 1 nitrogen and oxygen atoms in total. The normalized spacial score (nSPS) is 11.6. The largest absolute Gasteiger partial charge is 0.393 e. The van der Waals surface area contributed by atoms with Crippen molar-refractivity contribution in [1.29, 1.82) is 0 Å². The molecule has 0 aromatic rings. The third-order valence-corrected chi connectivity index (χ3v) is 2.06. The van der Waals surface area contributed by atoms with Crippen LogP contribution in [0.5, 0.6) is 0 Å². The maximum atomic E-state index is 3.38. The van der Waals surface area contributed by atoms with Gasteiger partial charge < -0.3 is 5.32 Å². The number of nitrogens with one attached hydrogen (secondary N) is 1. The average molecular weight is 196 g/mol. The molecule has 1 N–H and O–H groups in total. The Morgan fingerprint density at radius 1 is 1.88 bits per heavy atom. The summed E-state index contributed by atoms with van der Waals surface area (Å²) in [5.41, 5.74) is 0. The summed E-state index contributed by atoms with van der Waals surface area (Å²) in [5.74, 6) is 1.04. The molecule has 0 atom stereocenters. The van der Waals surface area contributed by atoms with Gasteiger partial charge >= 0.3 is 0 Å². The summed E-state index contributed by atoms with van der Waals surface area (Å²) in [6.45, 7) is 0. The number of halogens is 1. The lowest BCUT2D eigenvalue weighted by molar-refractivity contribution is 1.10. The van der Waals surface area contributed by atoms with Gasteiger partial charge in [-0.15, -0.1) is 0 Å². The quantitative estimate of drug-likeness (QED) is 0.738. The molecule has 0 saturated carbocycles. The van der Waals surface area contributed by atoms with Gasteiger partial charge in [-0.3, -0.25) is 0 Å². The third kappa shape index (κ3) is 4.53. The van der Waals surface area contributed by atoms with Crippen LogP contribution < -0.4 is 5.32 Å². The predicted molar refractivity (Wildman–Crippen MR) is 44.5 cm³/mol. The van der Waals surface area contributed by atoms with Gasteiger partial charge in [-0.05, 0) is 6.26 Å². The van der Waals surface area contributed by atoms with E-state index < -0.39 is 0 Å². The zero-order chi connectivity index (χ0) is 6.41. The van der Waals surface area contributed by atoms with E-state index in [4.69, 9.17) is 0 Å². The van der Waals surface area contributed by atoms with Crippen LogP contribution in [0.3, 0.4) is 0 Å². The van der Waals surface area contributed by atoms with Crippen molar-refractivity contribution in [2.24, 2.45) is 0 Å². The lowest BCUT2D eigenvalue weighted by Crippen LogP contribution is -1.93. The van der Waals surface area contributed by atoms with Crippen LogP contribution >= 0.6 is 27.7 Å². The van der Waals surface area contributed by atoms with Crippen molar-refractivity contribution >= 4 is 27.7 Å². The summed E-state index contributed by atoms with van der Waals surface area (Å²) in [6.07, 6.45) is 4.02. The maximum absolute atomic E-state index is 3.38. The van der Waals surface area contributed by atoms with Gasteiger partial charge in [0.2, 0.25) is 0 Å². The smallest absolute Gasteiger partial charge is 0.0262 e. The van der Waals surface area contributed by atoms with E-state index in [9.17, 15) is 0 Å². The summed E-state index contributed by atoms with van der Waals surface area (Å²) >= 11 is 5.17. The Balaban J connectivity index is 3.29. The van der Waals surface area contributed by atoms with Gasteiger partial charge in [0, 0.05) is 23.5 Å². The summed E-state index contributed by atoms with van der Waals surface area (Å²) in [4.78, 5) is 0. The monoisotopic (exact) mass is 195 g/mol. The highest BCUT2D eigenvalue weighted by Gasteiger charge is 1.84. The Labute approximate surface area is 63.0 Å². The molecule has 8 heavy (non-hydrogen) atoms. The van der Waals surface area contributed by atoms with E-state index in [-0.39, 0.29) is 0 Å². The number of hydrogen-bond donors (Lipinski definition) is 1. The van der Waals surface area contributed by atoms with E-state index in [1.807, 2.05) is 13.2 Å². The van der Waals surface area contributed by atoms with Gasteiger partial charge in [-0.1, -0.05) is 15.9 Å². The first-order valence-electron chi connectivity index (χ1n) is 2.32. The van der Waals surface area contributed by atoms with E-state index >= 15 is 0 Å². The zero-order valence-electron chi connectivity index (χ0n) is 5.07. The highest BCUT2D eigenvalue weighted by atomic mass is 79.9. The highest BCUT2D eigenvalue weighted by molar-refractivity contribution is 9.11. The van der Waals surface area contributed by atoms with Crippen molar-refractivity contribution in [1.82, 2.24) is 5.32 Å². The Kier molecular flexibility index (Phi) is 5.76. The van der Waals surface area contributed by atoms with Gasteiger partial charge in [0.1, 0.15) is 0 Å². The van der Waals surface area contributed by atoms with Gasteiger partial charge in [0.25, 0.3) is 0 Å². The fraction of sp³-hybridized carbons (Fsp3) is 0.600. The minimum absolute atomic E-state index is 1.04. The van der Waals surface area contributed by atoms with Gasteiger partial charge in [0.05, 0.1) is 0 Å². The molecule has 0 unspecified atom stereocenters. The van der Waals surface area contributed by atoms with Crippen LogP contribution in [0.1, 0.15) is 0 Å². The topological polar surface area (TPSA) is 12.0 Å². The van der Waals surface area contributed by atoms with Crippen molar-refractivity contribution in [3.05, 3.63) is 10.7 Å². The van der Waals surface area contributed by atoms with Crippen LogP contribution in [0.2, 0.25) is 0 Å². The fourth-order valence-corrected chi connectivity index (χ4v) is 1.61. The standard InChI is InChI=1S/C5H10BrNS/c1-7-3-5(6)4-8-2/h3,7H,4H2,1-2H3/b5-3+. The highest BCUT2D eigenvalue weighted by Crippen LogP contribution is 2.08. The molecule has 0 aliphatic carbocycles. The van der Waals surface area contributed by atoms with Crippen molar-refractivity contribution in [2.45, 2.75) is 0 Å². The first-order valence-corrected chi connectivity index (χ1v) is 4.50. The van der Waals surface area contributed by atoms with Gasteiger partial charge in [-0.25, -0.2) is 0 Å². The van der Waals surface area contributed by atoms with E-state index in [0.29, 0.717) is 0 Å². The second-order valence-corrected chi connectivity index (χ2v) is 3.20. The van der Waals surface area contributed by atoms with Gasteiger partial charge in [-0.2, -0.15) is 11.8 Å². The van der Waals surface area contributed by atoms with E-state index in [1.54, 1.807) is 11.8 Å². The van der Waals surface area contributed by atoms with Crippen LogP contribution in [0.15, 0.2) is 10.7 Å². The molecule has 48 valence electrons. The lowest BCUT2D eigenvalue weighted by Gasteiger charge is -1.92. The van der Waals surface area contributed by atoms with Crippen LogP contribution in [0, 0.1) is 0 Å². The molecule has 0 rings (SSSR count). The predicted octanol–water partition coefficient (Wildman–Crippen LogP) is 1.81. The summed E-state index contributed by atoms with van der Waals surface area (Å²) < 4.78 is 1.20. The first kappa shape index (κ1) is 8.37. The number of hydrogen-bond acceptors (Lipinski definition) is 2. The Hall–Kier alpha value is 0.370. The third-order valence-electron chi connectivity index (χ3n) is 0.583. The van der Waals surface area contributed by atoms with Crippen LogP contribution in [0.4, 0.5) is 0 Å². The second kappa shape index (κ2) is 5.51. The van der Waals surface area contributed by atoms with Crippen LogP contribution in [-0.2, 0) is 0 Å². The molecule has 0 aromatic carbocycles. The summed E-state index contributed by atoms with van der Waals surface area (Å²) in [7, 11) is 1.89. The number of thioether (sulfide) groups is 1. The minimum Gasteiger partial charge on any atom is -0.393 e. The average Bonchev–Trinajstić information content (AvgIpc) is 1.68. The molecular formula is C5H10BrNS. The molecule has 0 aliphatic heterocycles. The molecule has 0 spiro atoms. The zero-order valence-corrected chi connectivity index (χ0v) is 7.47. The van der Waals surface area contributed by atoms with E-state index in [2.05, 4.69) is 27.5 Å². The van der Waals surface area contributed by atoms with Crippen molar-refractivity contribution < 1.29 is 0 Å². The van der Waals surface area contributed by atoms with Crippen LogP contribution in [-0.4, -0.2) is 19.1 Å². The molecule has 0 aromatic heterocycles. The molecule has 0 amide bonds. The lowest BCUT2D eigenvalue weighted by atomic mass is 10.7. The van der Waals surface area contributed by atoms with Crippen molar-refractivity contribution in [3.8, 4) is 0 Å². The minimum atomic E-state index is 1.04. The summed E-state index contributed by atoms with van der Waals surface area (Å²) in [6, 6.07) is 0. The van der Waals surface area contributed by atoms with E-state index in [1.165, 1.54) is 4.48 Å². The van der Waals surface area contributed by atoms with Crippen LogP contribution in [0.25, 0.3) is 0 Å². The first-order chi connectivity index (χ1) is 3.81. The Bertz CT molecular complexity index is 82.5. The Morgan fingerprint density at radius 3 is 2.88 bits per heavy atom.